The highest BCUT2D eigenvalue weighted by molar-refractivity contribution is 4.80. The summed E-state index contributed by atoms with van der Waals surface area (Å²) in [5, 5.41) is 2.75. The van der Waals surface area contributed by atoms with E-state index in [2.05, 4.69) is 15.3 Å². The zero-order valence-corrected chi connectivity index (χ0v) is 5.97. The van der Waals surface area contributed by atoms with Crippen LogP contribution in [0.25, 0.3) is 0 Å². The van der Waals surface area contributed by atoms with Crippen LogP contribution in [0.5, 0.6) is 0 Å². The number of rotatable bonds is 2. The Morgan fingerprint density at radius 1 is 1.45 bits per heavy atom. The number of hydrogen-bond donors (Lipinski definition) is 3. The van der Waals surface area contributed by atoms with E-state index in [1.807, 2.05) is 4.98 Å². The van der Waals surface area contributed by atoms with Crippen molar-refractivity contribution >= 4 is 0 Å². The van der Waals surface area contributed by atoms with Crippen molar-refractivity contribution in [1.82, 2.24) is 20.3 Å². The number of aromatic nitrogens is 3. The normalized spacial score (nSPS) is 9.91. The Bertz CT molecular complexity index is 311. The van der Waals surface area contributed by atoms with Gasteiger partial charge in [-0.15, -0.1) is 0 Å². The summed E-state index contributed by atoms with van der Waals surface area (Å²) in [6, 6.07) is 0. The van der Waals surface area contributed by atoms with E-state index >= 15 is 0 Å². The zero-order valence-electron chi connectivity index (χ0n) is 5.97. The van der Waals surface area contributed by atoms with Gasteiger partial charge in [-0.05, 0) is 7.05 Å². The summed E-state index contributed by atoms with van der Waals surface area (Å²) in [7, 11) is 1.70. The van der Waals surface area contributed by atoms with Crippen LogP contribution in [0.15, 0.2) is 9.59 Å². The summed E-state index contributed by atoms with van der Waals surface area (Å²) in [5.41, 5.74) is -1.16. The first-order chi connectivity index (χ1) is 5.22. The first-order valence-electron chi connectivity index (χ1n) is 3.06. The van der Waals surface area contributed by atoms with Crippen LogP contribution in [-0.2, 0) is 6.54 Å². The maximum absolute atomic E-state index is 10.6. The molecule has 6 heteroatoms. The largest absolute Gasteiger partial charge is 0.350 e. The van der Waals surface area contributed by atoms with Gasteiger partial charge in [0.15, 0.2) is 0 Å². The highest BCUT2D eigenvalue weighted by atomic mass is 16.2. The van der Waals surface area contributed by atoms with Gasteiger partial charge in [-0.25, -0.2) is 9.59 Å². The highest BCUT2D eigenvalue weighted by Gasteiger charge is 1.94. The molecule has 11 heavy (non-hydrogen) atoms. The van der Waals surface area contributed by atoms with Crippen molar-refractivity contribution in [3.63, 3.8) is 0 Å². The van der Waals surface area contributed by atoms with Gasteiger partial charge in [0.2, 0.25) is 0 Å². The Balaban J connectivity index is 3.09. The third kappa shape index (κ3) is 2.01. The minimum absolute atomic E-state index is 0.334. The lowest BCUT2D eigenvalue weighted by Crippen LogP contribution is -2.28. The Hall–Kier alpha value is -1.43. The van der Waals surface area contributed by atoms with Crippen molar-refractivity contribution in [1.29, 1.82) is 0 Å². The second-order valence-electron chi connectivity index (χ2n) is 1.97. The van der Waals surface area contributed by atoms with Crippen LogP contribution in [0.4, 0.5) is 0 Å². The summed E-state index contributed by atoms with van der Waals surface area (Å²) in [6.07, 6.45) is 0. The van der Waals surface area contributed by atoms with Gasteiger partial charge in [0.05, 0.1) is 6.54 Å². The van der Waals surface area contributed by atoms with Crippen molar-refractivity contribution in [3.05, 3.63) is 26.8 Å². The molecule has 0 spiro atoms. The molecule has 3 N–H and O–H groups in total. The third-order valence-electron chi connectivity index (χ3n) is 1.06. The quantitative estimate of drug-likeness (QED) is 0.470. The molecule has 0 aliphatic heterocycles. The molecule has 1 aromatic rings. The maximum atomic E-state index is 10.6. The number of nitrogens with one attached hydrogen (secondary N) is 3. The van der Waals surface area contributed by atoms with E-state index in [0.717, 1.165) is 0 Å². The molecule has 0 aliphatic carbocycles. The second-order valence-corrected chi connectivity index (χ2v) is 1.97. The molecule has 6 nitrogen and oxygen atoms in total. The molecule has 1 heterocycles. The average Bonchev–Trinajstić information content (AvgIpc) is 1.85. The molecule has 60 valence electrons. The van der Waals surface area contributed by atoms with Crippen LogP contribution < -0.4 is 16.7 Å². The SMILES string of the molecule is CNCc1nc(=O)[nH]c(=O)[nH]1. The number of H-pyrrole nitrogens is 2. The minimum atomic E-state index is -0.626. The molecule has 0 saturated carbocycles. The molecule has 0 bridgehead atoms. The molecule has 0 aromatic carbocycles. The molecule has 1 aromatic heterocycles. The van der Waals surface area contributed by atoms with Crippen molar-refractivity contribution in [2.75, 3.05) is 7.05 Å². The average molecular weight is 156 g/mol. The van der Waals surface area contributed by atoms with Gasteiger partial charge in [0.25, 0.3) is 0 Å². The second kappa shape index (κ2) is 3.11. The van der Waals surface area contributed by atoms with E-state index < -0.39 is 11.4 Å². The highest BCUT2D eigenvalue weighted by Crippen LogP contribution is 1.74. The Morgan fingerprint density at radius 2 is 2.18 bits per heavy atom. The standard InChI is InChI=1S/C5H8N4O2/c1-6-2-3-7-4(10)9-5(11)8-3/h6H,2H2,1H3,(H2,7,8,9,10,11). The predicted octanol–water partition coefficient (Wildman–Crippen LogP) is -1.82. The predicted molar refractivity (Wildman–Crippen MR) is 38.2 cm³/mol. The van der Waals surface area contributed by atoms with Crippen LogP contribution >= 0.6 is 0 Å². The van der Waals surface area contributed by atoms with Crippen LogP contribution in [0, 0.1) is 0 Å². The Morgan fingerprint density at radius 3 is 2.73 bits per heavy atom. The summed E-state index contributed by atoms with van der Waals surface area (Å²) in [5.74, 6) is 0.334. The molecule has 0 amide bonds. The fourth-order valence-electron chi connectivity index (χ4n) is 0.689. The van der Waals surface area contributed by atoms with Crippen LogP contribution in [0.2, 0.25) is 0 Å². The summed E-state index contributed by atoms with van der Waals surface area (Å²) in [4.78, 5) is 29.0. The molecule has 1 rings (SSSR count). The van der Waals surface area contributed by atoms with Gasteiger partial charge in [0.1, 0.15) is 5.82 Å². The molecule has 0 unspecified atom stereocenters. The van der Waals surface area contributed by atoms with Crippen molar-refractivity contribution in [3.8, 4) is 0 Å². The fourth-order valence-corrected chi connectivity index (χ4v) is 0.689. The Kier molecular flexibility index (Phi) is 2.17. The fraction of sp³-hybridized carbons (Fsp3) is 0.400. The van der Waals surface area contributed by atoms with Gasteiger partial charge < -0.3 is 5.32 Å². The molecular formula is C5H8N4O2. The van der Waals surface area contributed by atoms with E-state index in [4.69, 9.17) is 0 Å². The summed E-state index contributed by atoms with van der Waals surface area (Å²) < 4.78 is 0. The summed E-state index contributed by atoms with van der Waals surface area (Å²) >= 11 is 0. The maximum Gasteiger partial charge on any atom is 0.350 e. The number of aromatic amines is 2. The topological polar surface area (TPSA) is 90.6 Å². The van der Waals surface area contributed by atoms with E-state index in [-0.39, 0.29) is 0 Å². The molecule has 0 aliphatic rings. The van der Waals surface area contributed by atoms with Gasteiger partial charge in [-0.2, -0.15) is 4.98 Å². The van der Waals surface area contributed by atoms with Gasteiger partial charge in [-0.1, -0.05) is 0 Å². The van der Waals surface area contributed by atoms with Crippen LogP contribution in [0.3, 0.4) is 0 Å². The first kappa shape index (κ1) is 7.67. The first-order valence-corrected chi connectivity index (χ1v) is 3.06. The smallest absolute Gasteiger partial charge is 0.313 e. The third-order valence-corrected chi connectivity index (χ3v) is 1.06. The molecule has 0 fully saturated rings. The van der Waals surface area contributed by atoms with E-state index in [9.17, 15) is 9.59 Å². The zero-order chi connectivity index (χ0) is 8.27. The molecular weight excluding hydrogens is 148 g/mol. The van der Waals surface area contributed by atoms with Gasteiger partial charge in [0, 0.05) is 0 Å². The van der Waals surface area contributed by atoms with E-state index in [0.29, 0.717) is 12.4 Å². The number of hydrogen-bond acceptors (Lipinski definition) is 4. The van der Waals surface area contributed by atoms with Gasteiger partial charge in [-0.3, -0.25) is 9.97 Å². The molecule has 0 saturated heterocycles. The van der Waals surface area contributed by atoms with Crippen LogP contribution in [0.1, 0.15) is 5.82 Å². The number of nitrogens with zero attached hydrogens (tertiary/aromatic N) is 1. The lowest BCUT2D eigenvalue weighted by atomic mass is 10.6. The monoisotopic (exact) mass is 156 g/mol. The lowest BCUT2D eigenvalue weighted by Gasteiger charge is -1.94. The van der Waals surface area contributed by atoms with E-state index in [1.165, 1.54) is 0 Å². The van der Waals surface area contributed by atoms with E-state index in [1.54, 1.807) is 7.05 Å². The van der Waals surface area contributed by atoms with Crippen molar-refractivity contribution in [2.45, 2.75) is 6.54 Å². The van der Waals surface area contributed by atoms with Crippen LogP contribution in [-0.4, -0.2) is 22.0 Å². The van der Waals surface area contributed by atoms with Crippen molar-refractivity contribution in [2.24, 2.45) is 0 Å². The lowest BCUT2D eigenvalue weighted by molar-refractivity contribution is 0.727. The summed E-state index contributed by atoms with van der Waals surface area (Å²) in [6.45, 7) is 0.374. The van der Waals surface area contributed by atoms with Gasteiger partial charge >= 0.3 is 11.4 Å². The van der Waals surface area contributed by atoms with Crippen molar-refractivity contribution < 1.29 is 0 Å². The molecule has 0 atom stereocenters. The minimum Gasteiger partial charge on any atom is -0.313 e. The molecule has 0 radical (unpaired) electrons. The Labute approximate surface area is 61.7 Å².